The Balaban J connectivity index is 1.52. The highest BCUT2D eigenvalue weighted by atomic mass is 32.2. The molecule has 1 aliphatic rings. The van der Waals surface area contributed by atoms with Gasteiger partial charge in [0, 0.05) is 25.2 Å². The molecule has 1 fully saturated rings. The number of amides is 1. The minimum Gasteiger partial charge on any atom is -0.497 e. The summed E-state index contributed by atoms with van der Waals surface area (Å²) in [5.41, 5.74) is 1.61. The standard InChI is InChI=1S/C22H22N2O4S/c1-28-20-9-7-18-14-21(10-8-17(18)13-20)29(26,27)23-15-16-4-2-5-19(12-16)24-11-3-6-22(24)25/h2,4-5,7-10,12-14,23H,3,6,11,15H2,1H3. The van der Waals surface area contributed by atoms with Crippen LogP contribution in [0.1, 0.15) is 18.4 Å². The summed E-state index contributed by atoms with van der Waals surface area (Å²) in [5.74, 6) is 0.832. The second kappa shape index (κ2) is 7.85. The Bertz CT molecular complexity index is 1170. The van der Waals surface area contributed by atoms with Crippen LogP contribution in [0.4, 0.5) is 5.69 Å². The van der Waals surface area contributed by atoms with Gasteiger partial charge in [-0.25, -0.2) is 13.1 Å². The SMILES string of the molecule is COc1ccc2cc(S(=O)(=O)NCc3cccc(N4CCCC4=O)c3)ccc2c1. The highest BCUT2D eigenvalue weighted by Crippen LogP contribution is 2.25. The summed E-state index contributed by atoms with van der Waals surface area (Å²) in [6, 6.07) is 17.9. The van der Waals surface area contributed by atoms with Gasteiger partial charge in [-0.2, -0.15) is 0 Å². The number of rotatable bonds is 6. The molecule has 4 rings (SSSR count). The van der Waals surface area contributed by atoms with E-state index in [-0.39, 0.29) is 17.3 Å². The molecule has 1 N–H and O–H groups in total. The van der Waals surface area contributed by atoms with Gasteiger partial charge in [-0.15, -0.1) is 0 Å². The molecule has 0 radical (unpaired) electrons. The zero-order chi connectivity index (χ0) is 20.4. The van der Waals surface area contributed by atoms with Crippen LogP contribution in [0.3, 0.4) is 0 Å². The Hall–Kier alpha value is -2.90. The van der Waals surface area contributed by atoms with Crippen molar-refractivity contribution in [3.63, 3.8) is 0 Å². The lowest BCUT2D eigenvalue weighted by molar-refractivity contribution is -0.117. The number of anilines is 1. The molecule has 29 heavy (non-hydrogen) atoms. The largest absolute Gasteiger partial charge is 0.497 e. The van der Waals surface area contributed by atoms with E-state index in [4.69, 9.17) is 4.74 Å². The molecular formula is C22H22N2O4S. The monoisotopic (exact) mass is 410 g/mol. The molecule has 1 amide bonds. The summed E-state index contributed by atoms with van der Waals surface area (Å²) in [4.78, 5) is 13.9. The Morgan fingerprint density at radius 2 is 1.83 bits per heavy atom. The van der Waals surface area contributed by atoms with Crippen molar-refractivity contribution >= 4 is 32.4 Å². The van der Waals surface area contributed by atoms with E-state index in [2.05, 4.69) is 4.72 Å². The number of hydrogen-bond donors (Lipinski definition) is 1. The fourth-order valence-electron chi connectivity index (χ4n) is 3.51. The van der Waals surface area contributed by atoms with Crippen LogP contribution in [0.25, 0.3) is 10.8 Å². The predicted octanol–water partition coefficient (Wildman–Crippen LogP) is 3.45. The number of hydrogen-bond acceptors (Lipinski definition) is 4. The van der Waals surface area contributed by atoms with Gasteiger partial charge in [0.15, 0.2) is 0 Å². The minimum atomic E-state index is -3.67. The number of methoxy groups -OCH3 is 1. The van der Waals surface area contributed by atoms with Gasteiger partial charge in [-0.05, 0) is 59.2 Å². The van der Waals surface area contributed by atoms with Gasteiger partial charge in [-0.3, -0.25) is 4.79 Å². The molecule has 0 spiro atoms. The molecule has 6 nitrogen and oxygen atoms in total. The molecule has 0 unspecified atom stereocenters. The number of ether oxygens (including phenoxy) is 1. The zero-order valence-corrected chi connectivity index (χ0v) is 16.9. The molecule has 7 heteroatoms. The summed E-state index contributed by atoms with van der Waals surface area (Å²) in [7, 11) is -2.07. The normalized spacial score (nSPS) is 14.5. The van der Waals surface area contributed by atoms with Crippen molar-refractivity contribution in [2.45, 2.75) is 24.3 Å². The fourth-order valence-corrected chi connectivity index (χ4v) is 4.57. The molecule has 3 aromatic rings. The number of benzene rings is 3. The first-order chi connectivity index (χ1) is 14.0. The summed E-state index contributed by atoms with van der Waals surface area (Å²) in [5, 5.41) is 1.73. The molecule has 0 aromatic heterocycles. The van der Waals surface area contributed by atoms with Gasteiger partial charge in [0.05, 0.1) is 12.0 Å². The Morgan fingerprint density at radius 1 is 1.03 bits per heavy atom. The molecule has 1 aliphatic heterocycles. The third-order valence-electron chi connectivity index (χ3n) is 5.09. The third-order valence-corrected chi connectivity index (χ3v) is 6.49. The van der Waals surface area contributed by atoms with Gasteiger partial charge in [0.25, 0.3) is 0 Å². The predicted molar refractivity (Wildman–Crippen MR) is 113 cm³/mol. The van der Waals surface area contributed by atoms with E-state index in [0.717, 1.165) is 34.2 Å². The number of nitrogens with zero attached hydrogens (tertiary/aromatic N) is 1. The Morgan fingerprint density at radius 3 is 2.59 bits per heavy atom. The van der Waals surface area contributed by atoms with E-state index in [9.17, 15) is 13.2 Å². The summed E-state index contributed by atoms with van der Waals surface area (Å²) < 4.78 is 33.4. The van der Waals surface area contributed by atoms with Crippen LogP contribution in [0.5, 0.6) is 5.75 Å². The average molecular weight is 410 g/mol. The van der Waals surface area contributed by atoms with Crippen molar-refractivity contribution in [3.8, 4) is 5.75 Å². The molecule has 0 bridgehead atoms. The molecule has 0 saturated carbocycles. The maximum absolute atomic E-state index is 12.8. The quantitative estimate of drug-likeness (QED) is 0.675. The lowest BCUT2D eigenvalue weighted by Crippen LogP contribution is -2.25. The summed E-state index contributed by atoms with van der Waals surface area (Å²) >= 11 is 0. The van der Waals surface area contributed by atoms with Crippen LogP contribution in [-0.4, -0.2) is 28.0 Å². The van der Waals surface area contributed by atoms with Crippen molar-refractivity contribution in [2.24, 2.45) is 0 Å². The number of carbonyl (C=O) groups excluding carboxylic acids is 1. The first-order valence-corrected chi connectivity index (χ1v) is 10.9. The lowest BCUT2D eigenvalue weighted by atomic mass is 10.1. The molecule has 0 aliphatic carbocycles. The first kappa shape index (κ1) is 19.4. The smallest absolute Gasteiger partial charge is 0.240 e. The Kier molecular flexibility index (Phi) is 5.25. The molecule has 3 aromatic carbocycles. The van der Waals surface area contributed by atoms with Crippen LogP contribution < -0.4 is 14.4 Å². The molecule has 1 heterocycles. The van der Waals surface area contributed by atoms with E-state index in [0.29, 0.717) is 13.0 Å². The van der Waals surface area contributed by atoms with Gasteiger partial charge in [0.2, 0.25) is 15.9 Å². The number of carbonyl (C=O) groups is 1. The van der Waals surface area contributed by atoms with Crippen molar-refractivity contribution in [2.75, 3.05) is 18.6 Å². The highest BCUT2D eigenvalue weighted by molar-refractivity contribution is 7.89. The summed E-state index contributed by atoms with van der Waals surface area (Å²) in [6.45, 7) is 0.856. The van der Waals surface area contributed by atoms with Crippen molar-refractivity contribution < 1.29 is 17.9 Å². The Labute approximate surface area is 170 Å². The first-order valence-electron chi connectivity index (χ1n) is 9.43. The van der Waals surface area contributed by atoms with Gasteiger partial charge >= 0.3 is 0 Å². The van der Waals surface area contributed by atoms with Crippen LogP contribution in [0.2, 0.25) is 0 Å². The van der Waals surface area contributed by atoms with Crippen LogP contribution >= 0.6 is 0 Å². The fraction of sp³-hybridized carbons (Fsp3) is 0.227. The minimum absolute atomic E-state index is 0.107. The van der Waals surface area contributed by atoms with Crippen LogP contribution in [-0.2, 0) is 21.4 Å². The van der Waals surface area contributed by atoms with Gasteiger partial charge in [0.1, 0.15) is 5.75 Å². The second-order valence-corrected chi connectivity index (χ2v) is 8.79. The van der Waals surface area contributed by atoms with Crippen LogP contribution in [0, 0.1) is 0 Å². The zero-order valence-electron chi connectivity index (χ0n) is 16.1. The van der Waals surface area contributed by atoms with E-state index in [1.165, 1.54) is 0 Å². The van der Waals surface area contributed by atoms with Crippen molar-refractivity contribution in [1.29, 1.82) is 0 Å². The van der Waals surface area contributed by atoms with E-state index in [1.54, 1.807) is 36.3 Å². The maximum atomic E-state index is 12.8. The molecule has 0 atom stereocenters. The summed E-state index contributed by atoms with van der Waals surface area (Å²) in [6.07, 6.45) is 1.41. The van der Waals surface area contributed by atoms with E-state index in [1.807, 2.05) is 36.4 Å². The van der Waals surface area contributed by atoms with Gasteiger partial charge in [-0.1, -0.05) is 24.3 Å². The van der Waals surface area contributed by atoms with Crippen LogP contribution in [0.15, 0.2) is 65.6 Å². The molecular weight excluding hydrogens is 388 g/mol. The highest BCUT2D eigenvalue weighted by Gasteiger charge is 2.22. The number of sulfonamides is 1. The molecule has 150 valence electrons. The number of fused-ring (bicyclic) bond motifs is 1. The second-order valence-electron chi connectivity index (χ2n) is 7.02. The molecule has 1 saturated heterocycles. The topological polar surface area (TPSA) is 75.7 Å². The van der Waals surface area contributed by atoms with Crippen molar-refractivity contribution in [1.82, 2.24) is 4.72 Å². The van der Waals surface area contributed by atoms with E-state index < -0.39 is 10.0 Å². The van der Waals surface area contributed by atoms with Gasteiger partial charge < -0.3 is 9.64 Å². The number of nitrogens with one attached hydrogen (secondary N) is 1. The average Bonchev–Trinajstić information content (AvgIpc) is 3.17. The maximum Gasteiger partial charge on any atom is 0.240 e. The third kappa shape index (κ3) is 4.11. The lowest BCUT2D eigenvalue weighted by Gasteiger charge is -2.16. The van der Waals surface area contributed by atoms with E-state index >= 15 is 0 Å². The van der Waals surface area contributed by atoms with Crippen molar-refractivity contribution in [3.05, 3.63) is 66.2 Å².